The Morgan fingerprint density at radius 2 is 2.32 bits per heavy atom. The van der Waals surface area contributed by atoms with Crippen LogP contribution in [0.3, 0.4) is 0 Å². The molecule has 0 bridgehead atoms. The molecule has 0 aliphatic carbocycles. The van der Waals surface area contributed by atoms with Crippen LogP contribution in [0.15, 0.2) is 24.3 Å². The summed E-state index contributed by atoms with van der Waals surface area (Å²) in [6.45, 7) is 3.10. The van der Waals surface area contributed by atoms with Crippen molar-refractivity contribution in [1.29, 1.82) is 0 Å². The van der Waals surface area contributed by atoms with Crippen molar-refractivity contribution in [3.8, 4) is 5.75 Å². The van der Waals surface area contributed by atoms with E-state index in [1.165, 1.54) is 12.8 Å². The monoisotopic (exact) mass is 262 g/mol. The fraction of sp³-hybridized carbons (Fsp3) is 0.533. The van der Waals surface area contributed by atoms with Crippen LogP contribution in [0, 0.1) is 0 Å². The predicted octanol–water partition coefficient (Wildman–Crippen LogP) is 1.96. The van der Waals surface area contributed by atoms with Crippen LogP contribution in [-0.4, -0.2) is 31.6 Å². The van der Waals surface area contributed by atoms with Gasteiger partial charge in [0.05, 0.1) is 7.11 Å². The van der Waals surface area contributed by atoms with Crippen LogP contribution in [0.5, 0.6) is 5.75 Å². The summed E-state index contributed by atoms with van der Waals surface area (Å²) >= 11 is 0. The molecular formula is C15H22N2O2. The zero-order chi connectivity index (χ0) is 13.7. The summed E-state index contributed by atoms with van der Waals surface area (Å²) in [6.07, 6.45) is 3.59. The molecule has 1 aromatic carbocycles. The molecule has 0 aromatic heterocycles. The highest BCUT2D eigenvalue weighted by atomic mass is 16.5. The minimum absolute atomic E-state index is 0.0428. The fourth-order valence-electron chi connectivity index (χ4n) is 2.46. The molecule has 1 aromatic rings. The fourth-order valence-corrected chi connectivity index (χ4v) is 2.46. The Kier molecular flexibility index (Phi) is 4.80. The van der Waals surface area contributed by atoms with Gasteiger partial charge in [-0.15, -0.1) is 0 Å². The maximum Gasteiger partial charge on any atom is 0.251 e. The summed E-state index contributed by atoms with van der Waals surface area (Å²) in [4.78, 5) is 12.2. The van der Waals surface area contributed by atoms with E-state index in [0.717, 1.165) is 13.0 Å². The van der Waals surface area contributed by atoms with Gasteiger partial charge in [0.15, 0.2) is 0 Å². The number of methoxy groups -OCH3 is 1. The average Bonchev–Trinajstić information content (AvgIpc) is 2.48. The summed E-state index contributed by atoms with van der Waals surface area (Å²) in [6, 6.07) is 7.75. The van der Waals surface area contributed by atoms with Gasteiger partial charge < -0.3 is 15.4 Å². The summed E-state index contributed by atoms with van der Waals surface area (Å²) in [5.74, 6) is 0.662. The first-order valence-electron chi connectivity index (χ1n) is 6.89. The summed E-state index contributed by atoms with van der Waals surface area (Å²) in [7, 11) is 1.60. The van der Waals surface area contributed by atoms with Crippen molar-refractivity contribution in [2.24, 2.45) is 0 Å². The molecule has 2 N–H and O–H groups in total. The lowest BCUT2D eigenvalue weighted by atomic mass is 9.99. The first-order chi connectivity index (χ1) is 9.20. The van der Waals surface area contributed by atoms with Gasteiger partial charge in [-0.2, -0.15) is 0 Å². The standard InChI is InChI=1S/C15H22N2O2/c1-11(14-8-3-4-9-16-14)17-15(18)12-6-5-7-13(10-12)19-2/h5-7,10-11,14,16H,3-4,8-9H2,1-2H3,(H,17,18). The van der Waals surface area contributed by atoms with Crippen molar-refractivity contribution in [3.63, 3.8) is 0 Å². The maximum absolute atomic E-state index is 12.2. The molecule has 4 nitrogen and oxygen atoms in total. The van der Waals surface area contributed by atoms with Crippen LogP contribution in [0.25, 0.3) is 0 Å². The topological polar surface area (TPSA) is 50.4 Å². The number of amides is 1. The van der Waals surface area contributed by atoms with Crippen molar-refractivity contribution in [3.05, 3.63) is 29.8 Å². The third-order valence-electron chi connectivity index (χ3n) is 3.64. The van der Waals surface area contributed by atoms with E-state index in [1.807, 2.05) is 12.1 Å². The molecule has 2 rings (SSSR count). The molecule has 0 radical (unpaired) electrons. The lowest BCUT2D eigenvalue weighted by Gasteiger charge is -2.29. The molecule has 104 valence electrons. The minimum Gasteiger partial charge on any atom is -0.497 e. The Bertz CT molecular complexity index is 428. The summed E-state index contributed by atoms with van der Waals surface area (Å²) in [5, 5.41) is 6.52. The Morgan fingerprint density at radius 1 is 1.47 bits per heavy atom. The molecule has 1 fully saturated rings. The predicted molar refractivity (Wildman–Crippen MR) is 75.6 cm³/mol. The molecule has 4 heteroatoms. The zero-order valence-electron chi connectivity index (χ0n) is 11.6. The van der Waals surface area contributed by atoms with E-state index in [1.54, 1.807) is 19.2 Å². The van der Waals surface area contributed by atoms with Crippen molar-refractivity contribution < 1.29 is 9.53 Å². The second kappa shape index (κ2) is 6.57. The van der Waals surface area contributed by atoms with E-state index in [2.05, 4.69) is 17.6 Å². The van der Waals surface area contributed by atoms with E-state index >= 15 is 0 Å². The Hall–Kier alpha value is -1.55. The maximum atomic E-state index is 12.2. The number of hydrogen-bond donors (Lipinski definition) is 2. The van der Waals surface area contributed by atoms with E-state index in [-0.39, 0.29) is 11.9 Å². The molecule has 0 spiro atoms. The zero-order valence-corrected chi connectivity index (χ0v) is 11.6. The molecule has 0 saturated carbocycles. The number of nitrogens with one attached hydrogen (secondary N) is 2. The molecular weight excluding hydrogens is 240 g/mol. The summed E-state index contributed by atoms with van der Waals surface area (Å²) in [5.41, 5.74) is 0.641. The number of piperidine rings is 1. The van der Waals surface area contributed by atoms with Crippen LogP contribution in [0.4, 0.5) is 0 Å². The highest BCUT2D eigenvalue weighted by Gasteiger charge is 2.21. The largest absolute Gasteiger partial charge is 0.497 e. The van der Waals surface area contributed by atoms with E-state index < -0.39 is 0 Å². The minimum atomic E-state index is -0.0428. The molecule has 1 saturated heterocycles. The Morgan fingerprint density at radius 3 is 3.00 bits per heavy atom. The molecule has 2 unspecified atom stereocenters. The number of benzene rings is 1. The molecule has 2 atom stereocenters. The van der Waals surface area contributed by atoms with Crippen molar-refractivity contribution in [2.45, 2.75) is 38.3 Å². The third kappa shape index (κ3) is 3.70. The SMILES string of the molecule is COc1cccc(C(=O)NC(C)C2CCCCN2)c1. The second-order valence-corrected chi connectivity index (χ2v) is 5.05. The normalized spacial score (nSPS) is 20.6. The third-order valence-corrected chi connectivity index (χ3v) is 3.64. The van der Waals surface area contributed by atoms with Crippen LogP contribution < -0.4 is 15.4 Å². The highest BCUT2D eigenvalue weighted by Crippen LogP contribution is 2.14. The molecule has 1 aliphatic rings. The van der Waals surface area contributed by atoms with Gasteiger partial charge in [0.25, 0.3) is 5.91 Å². The van der Waals surface area contributed by atoms with E-state index in [4.69, 9.17) is 4.74 Å². The number of hydrogen-bond acceptors (Lipinski definition) is 3. The molecule has 1 amide bonds. The number of carbonyl (C=O) groups excluding carboxylic acids is 1. The van der Waals surface area contributed by atoms with Gasteiger partial charge in [0.2, 0.25) is 0 Å². The smallest absolute Gasteiger partial charge is 0.251 e. The van der Waals surface area contributed by atoms with Gasteiger partial charge in [-0.25, -0.2) is 0 Å². The number of rotatable bonds is 4. The average molecular weight is 262 g/mol. The van der Waals surface area contributed by atoms with Crippen molar-refractivity contribution in [2.75, 3.05) is 13.7 Å². The highest BCUT2D eigenvalue weighted by molar-refractivity contribution is 5.94. The van der Waals surface area contributed by atoms with Gasteiger partial charge in [-0.05, 0) is 44.5 Å². The van der Waals surface area contributed by atoms with Crippen LogP contribution >= 0.6 is 0 Å². The first-order valence-corrected chi connectivity index (χ1v) is 6.89. The van der Waals surface area contributed by atoms with E-state index in [9.17, 15) is 4.79 Å². The first kappa shape index (κ1) is 13.9. The Labute approximate surface area is 114 Å². The lowest BCUT2D eigenvalue weighted by Crippen LogP contribution is -2.50. The number of carbonyl (C=O) groups is 1. The van der Waals surface area contributed by atoms with Gasteiger partial charge in [-0.3, -0.25) is 4.79 Å². The van der Waals surface area contributed by atoms with Crippen LogP contribution in [-0.2, 0) is 0 Å². The van der Waals surface area contributed by atoms with E-state index in [0.29, 0.717) is 17.4 Å². The summed E-state index contributed by atoms with van der Waals surface area (Å²) < 4.78 is 5.13. The molecule has 1 aliphatic heterocycles. The number of ether oxygens (including phenoxy) is 1. The quantitative estimate of drug-likeness (QED) is 0.872. The van der Waals surface area contributed by atoms with Crippen LogP contribution in [0.1, 0.15) is 36.5 Å². The lowest BCUT2D eigenvalue weighted by molar-refractivity contribution is 0.0927. The second-order valence-electron chi connectivity index (χ2n) is 5.05. The van der Waals surface area contributed by atoms with Crippen molar-refractivity contribution in [1.82, 2.24) is 10.6 Å². The molecule has 19 heavy (non-hydrogen) atoms. The van der Waals surface area contributed by atoms with Gasteiger partial charge >= 0.3 is 0 Å². The molecule has 1 heterocycles. The van der Waals surface area contributed by atoms with Gasteiger partial charge in [0.1, 0.15) is 5.75 Å². The van der Waals surface area contributed by atoms with Gasteiger partial charge in [-0.1, -0.05) is 12.5 Å². The van der Waals surface area contributed by atoms with Crippen LogP contribution in [0.2, 0.25) is 0 Å². The van der Waals surface area contributed by atoms with Crippen molar-refractivity contribution >= 4 is 5.91 Å². The Balaban J connectivity index is 1.95. The van der Waals surface area contributed by atoms with Gasteiger partial charge in [0, 0.05) is 17.6 Å².